The van der Waals surface area contributed by atoms with Crippen LogP contribution >= 0.6 is 0 Å². The van der Waals surface area contributed by atoms with Gasteiger partial charge in [-0.1, -0.05) is 30.3 Å². The van der Waals surface area contributed by atoms with Gasteiger partial charge in [0.25, 0.3) is 0 Å². The molecule has 0 aromatic heterocycles. The Morgan fingerprint density at radius 1 is 1.13 bits per heavy atom. The fourth-order valence-electron chi connectivity index (χ4n) is 4.27. The minimum absolute atomic E-state index is 0.00878. The van der Waals surface area contributed by atoms with E-state index in [0.29, 0.717) is 5.75 Å². The summed E-state index contributed by atoms with van der Waals surface area (Å²) in [5.41, 5.74) is 3.36. The molecule has 31 heavy (non-hydrogen) atoms. The van der Waals surface area contributed by atoms with Crippen LogP contribution in [0.15, 0.2) is 42.5 Å². The predicted octanol–water partition coefficient (Wildman–Crippen LogP) is 4.29. The Bertz CT molecular complexity index is 893. The molecule has 0 aliphatic carbocycles. The van der Waals surface area contributed by atoms with Crippen LogP contribution in [0, 0.1) is 0 Å². The van der Waals surface area contributed by atoms with Crippen molar-refractivity contribution in [2.45, 2.75) is 58.3 Å². The Balaban J connectivity index is 1.94. The molecule has 0 saturated carbocycles. The maximum atomic E-state index is 12.6. The number of urea groups is 1. The molecule has 0 fully saturated rings. The van der Waals surface area contributed by atoms with Gasteiger partial charge in [-0.3, -0.25) is 4.90 Å². The van der Waals surface area contributed by atoms with Gasteiger partial charge in [-0.05, 0) is 62.9 Å². The number of carbonyl (C=O) groups excluding carboxylic acids is 1. The van der Waals surface area contributed by atoms with Crippen molar-refractivity contribution in [2.24, 2.45) is 0 Å². The second-order valence-electron chi connectivity index (χ2n) is 9.19. The maximum Gasteiger partial charge on any atom is 0.315 e. The topological polar surface area (TPSA) is 62.8 Å². The molecule has 6 nitrogen and oxygen atoms in total. The van der Waals surface area contributed by atoms with Gasteiger partial charge >= 0.3 is 6.03 Å². The molecule has 6 heteroatoms. The number of nitrogens with one attached hydrogen (secondary N) is 2. The van der Waals surface area contributed by atoms with E-state index >= 15 is 0 Å². The molecule has 2 unspecified atom stereocenters. The lowest BCUT2D eigenvalue weighted by Gasteiger charge is -2.41. The monoisotopic (exact) mass is 425 g/mol. The Labute approximate surface area is 185 Å². The van der Waals surface area contributed by atoms with Crippen molar-refractivity contribution in [1.29, 1.82) is 0 Å². The molecule has 0 radical (unpaired) electrons. The van der Waals surface area contributed by atoms with Gasteiger partial charge in [0.2, 0.25) is 0 Å². The molecule has 3 rings (SSSR count). The van der Waals surface area contributed by atoms with Crippen molar-refractivity contribution < 1.29 is 14.3 Å². The molecule has 2 atom stereocenters. The quantitative estimate of drug-likeness (QED) is 0.725. The van der Waals surface area contributed by atoms with Gasteiger partial charge in [0.1, 0.15) is 0 Å². The van der Waals surface area contributed by atoms with Gasteiger partial charge in [-0.25, -0.2) is 4.79 Å². The standard InChI is InChI=1S/C25H35N3O3/c1-17(26-24(29)27-25(2,3)4)23-20-15-22(31-6)21(30-5)14-19(20)12-13-28(23)16-18-10-8-7-9-11-18/h7-11,14-15,17,23H,12-13,16H2,1-6H3,(H2,26,27,29). The molecule has 1 heterocycles. The number of rotatable bonds is 6. The maximum absolute atomic E-state index is 12.6. The van der Waals surface area contributed by atoms with Gasteiger partial charge in [-0.2, -0.15) is 0 Å². The van der Waals surface area contributed by atoms with Crippen molar-refractivity contribution in [3.63, 3.8) is 0 Å². The summed E-state index contributed by atoms with van der Waals surface area (Å²) in [6, 6.07) is 14.3. The van der Waals surface area contributed by atoms with Crippen LogP contribution in [0.5, 0.6) is 11.5 Å². The highest BCUT2D eigenvalue weighted by molar-refractivity contribution is 5.75. The SMILES string of the molecule is COc1cc2c(cc1OC)C(C(C)NC(=O)NC(C)(C)C)N(Cc1ccccc1)CC2. The van der Waals surface area contributed by atoms with E-state index < -0.39 is 0 Å². The highest BCUT2D eigenvalue weighted by Gasteiger charge is 2.34. The summed E-state index contributed by atoms with van der Waals surface area (Å²) in [6.07, 6.45) is 0.917. The van der Waals surface area contributed by atoms with E-state index in [1.54, 1.807) is 14.2 Å². The summed E-state index contributed by atoms with van der Waals surface area (Å²) in [4.78, 5) is 15.1. The van der Waals surface area contributed by atoms with Crippen LogP contribution in [0.4, 0.5) is 4.79 Å². The molecular weight excluding hydrogens is 390 g/mol. The number of hydrogen-bond acceptors (Lipinski definition) is 4. The van der Waals surface area contributed by atoms with E-state index in [0.717, 1.165) is 25.3 Å². The first-order valence-corrected chi connectivity index (χ1v) is 10.8. The zero-order valence-electron chi connectivity index (χ0n) is 19.5. The molecule has 0 bridgehead atoms. The number of carbonyl (C=O) groups is 1. The number of benzene rings is 2. The number of amides is 2. The lowest BCUT2D eigenvalue weighted by Crippen LogP contribution is -2.53. The molecule has 1 aliphatic heterocycles. The molecule has 1 aliphatic rings. The largest absolute Gasteiger partial charge is 0.493 e. The molecular formula is C25H35N3O3. The first kappa shape index (κ1) is 22.9. The van der Waals surface area contributed by atoms with Crippen LogP contribution in [0.1, 0.15) is 50.4 Å². The summed E-state index contributed by atoms with van der Waals surface area (Å²) in [5, 5.41) is 6.17. The number of methoxy groups -OCH3 is 2. The van der Waals surface area contributed by atoms with Gasteiger partial charge in [0.05, 0.1) is 20.3 Å². The molecule has 2 aromatic carbocycles. The third-order valence-corrected chi connectivity index (χ3v) is 5.58. The van der Waals surface area contributed by atoms with E-state index in [9.17, 15) is 4.79 Å². The fourth-order valence-corrected chi connectivity index (χ4v) is 4.27. The average Bonchev–Trinajstić information content (AvgIpc) is 2.71. The Hall–Kier alpha value is -2.73. The first-order chi connectivity index (χ1) is 14.7. The predicted molar refractivity (Wildman–Crippen MR) is 124 cm³/mol. The van der Waals surface area contributed by atoms with Gasteiger partial charge in [0, 0.05) is 24.7 Å². The minimum Gasteiger partial charge on any atom is -0.493 e. The second-order valence-corrected chi connectivity index (χ2v) is 9.19. The summed E-state index contributed by atoms with van der Waals surface area (Å²) in [7, 11) is 3.32. The van der Waals surface area contributed by atoms with Gasteiger partial charge in [-0.15, -0.1) is 0 Å². The van der Waals surface area contributed by atoms with Crippen LogP contribution in [0.2, 0.25) is 0 Å². The zero-order valence-corrected chi connectivity index (χ0v) is 19.5. The van der Waals surface area contributed by atoms with Crippen molar-refractivity contribution in [2.75, 3.05) is 20.8 Å². The van der Waals surface area contributed by atoms with Crippen LogP contribution in [0.25, 0.3) is 0 Å². The minimum atomic E-state index is -0.297. The smallest absolute Gasteiger partial charge is 0.315 e. The average molecular weight is 426 g/mol. The zero-order chi connectivity index (χ0) is 22.6. The highest BCUT2D eigenvalue weighted by Crippen LogP contribution is 2.40. The second kappa shape index (κ2) is 9.60. The van der Waals surface area contributed by atoms with Gasteiger partial charge < -0.3 is 20.1 Å². The molecule has 2 N–H and O–H groups in total. The van der Waals surface area contributed by atoms with E-state index in [1.807, 2.05) is 26.8 Å². The third kappa shape index (κ3) is 5.70. The summed E-state index contributed by atoms with van der Waals surface area (Å²) >= 11 is 0. The van der Waals surface area contributed by atoms with Crippen LogP contribution in [0.3, 0.4) is 0 Å². The summed E-state index contributed by atoms with van der Waals surface area (Å²) in [6.45, 7) is 9.71. The highest BCUT2D eigenvalue weighted by atomic mass is 16.5. The molecule has 0 spiro atoms. The molecule has 0 saturated heterocycles. The van der Waals surface area contributed by atoms with Crippen LogP contribution in [-0.2, 0) is 13.0 Å². The number of nitrogens with zero attached hydrogens (tertiary/aromatic N) is 1. The number of hydrogen-bond donors (Lipinski definition) is 2. The normalized spacial score (nSPS) is 17.4. The van der Waals surface area contributed by atoms with Crippen LogP contribution < -0.4 is 20.1 Å². The van der Waals surface area contributed by atoms with E-state index in [-0.39, 0.29) is 23.7 Å². The van der Waals surface area contributed by atoms with E-state index in [1.165, 1.54) is 16.7 Å². The molecule has 2 amide bonds. The number of fused-ring (bicyclic) bond motifs is 1. The van der Waals surface area contributed by atoms with Gasteiger partial charge in [0.15, 0.2) is 11.5 Å². The number of ether oxygens (including phenoxy) is 2. The fraction of sp³-hybridized carbons (Fsp3) is 0.480. The van der Waals surface area contributed by atoms with Crippen molar-refractivity contribution in [3.8, 4) is 11.5 Å². The van der Waals surface area contributed by atoms with E-state index in [2.05, 4.69) is 58.9 Å². The molecule has 2 aromatic rings. The lowest BCUT2D eigenvalue weighted by atomic mass is 9.87. The first-order valence-electron chi connectivity index (χ1n) is 10.8. The summed E-state index contributed by atoms with van der Waals surface area (Å²) in [5.74, 6) is 1.45. The van der Waals surface area contributed by atoms with Crippen molar-refractivity contribution in [1.82, 2.24) is 15.5 Å². The Kier molecular flexibility index (Phi) is 7.11. The van der Waals surface area contributed by atoms with E-state index in [4.69, 9.17) is 9.47 Å². The summed E-state index contributed by atoms with van der Waals surface area (Å²) < 4.78 is 11.1. The van der Waals surface area contributed by atoms with Crippen molar-refractivity contribution >= 4 is 6.03 Å². The lowest BCUT2D eigenvalue weighted by molar-refractivity contribution is 0.142. The van der Waals surface area contributed by atoms with Crippen molar-refractivity contribution in [3.05, 3.63) is 59.2 Å². The Morgan fingerprint density at radius 3 is 2.39 bits per heavy atom. The molecule has 168 valence electrons. The van der Waals surface area contributed by atoms with Crippen LogP contribution in [-0.4, -0.2) is 43.3 Å². The Morgan fingerprint density at radius 2 is 1.77 bits per heavy atom. The third-order valence-electron chi connectivity index (χ3n) is 5.58.